The summed E-state index contributed by atoms with van der Waals surface area (Å²) in [6.45, 7) is 6.49. The third-order valence-corrected chi connectivity index (χ3v) is 6.03. The van der Waals surface area contributed by atoms with E-state index in [4.69, 9.17) is 14.7 Å². The van der Waals surface area contributed by atoms with Gasteiger partial charge < -0.3 is 14.4 Å². The topological polar surface area (TPSA) is 65.8 Å². The number of carbonyl (C=O) groups is 1. The average molecular weight is 420 g/mol. The molecule has 1 amide bonds. The molecule has 0 spiro atoms. The Hall–Kier alpha value is -2.88. The molecule has 6 heteroatoms. The molecule has 2 fully saturated rings. The summed E-state index contributed by atoms with van der Waals surface area (Å²) < 4.78 is 11.6. The molecule has 2 aliphatic heterocycles. The second-order valence-electron chi connectivity index (χ2n) is 8.33. The summed E-state index contributed by atoms with van der Waals surface area (Å²) in [5, 5.41) is 8.95. The molecular formula is C25H29N3O3. The van der Waals surface area contributed by atoms with E-state index in [9.17, 15) is 4.79 Å². The Morgan fingerprint density at radius 2 is 2.00 bits per heavy atom. The summed E-state index contributed by atoms with van der Waals surface area (Å²) in [4.78, 5) is 17.6. The van der Waals surface area contributed by atoms with Crippen LogP contribution in [0.25, 0.3) is 0 Å². The second-order valence-corrected chi connectivity index (χ2v) is 8.33. The number of amides is 1. The van der Waals surface area contributed by atoms with Crippen LogP contribution in [-0.4, -0.2) is 60.7 Å². The SMILES string of the molecule is C[C@@H]1CN(Cc2ccc(C#N)cc2)CCN1C(=O)c1ccccc1OC[C@@H]1CCCO1. The first kappa shape index (κ1) is 21.4. The van der Waals surface area contributed by atoms with E-state index in [1.165, 1.54) is 5.56 Å². The molecule has 2 aliphatic rings. The fourth-order valence-electron chi connectivity index (χ4n) is 4.30. The van der Waals surface area contributed by atoms with Crippen LogP contribution < -0.4 is 4.74 Å². The maximum atomic E-state index is 13.3. The number of hydrogen-bond acceptors (Lipinski definition) is 5. The van der Waals surface area contributed by atoms with Crippen LogP contribution >= 0.6 is 0 Å². The van der Waals surface area contributed by atoms with E-state index in [0.29, 0.717) is 30.0 Å². The standard InChI is InChI=1S/C25H29N3O3/c1-19-16-27(17-21-10-8-20(15-26)9-11-21)12-13-28(19)25(29)23-6-2-3-7-24(23)31-18-22-5-4-14-30-22/h2-3,6-11,19,22H,4-5,12-14,16-18H2,1H3/t19-,22+/m1/s1. The minimum atomic E-state index is 0.0217. The molecule has 2 aromatic carbocycles. The number of piperazine rings is 1. The summed E-state index contributed by atoms with van der Waals surface area (Å²) in [6.07, 6.45) is 2.19. The number of rotatable bonds is 6. The molecule has 162 valence electrons. The zero-order valence-electron chi connectivity index (χ0n) is 18.0. The molecule has 0 N–H and O–H groups in total. The monoisotopic (exact) mass is 419 g/mol. The normalized spacial score (nSPS) is 21.6. The second kappa shape index (κ2) is 9.95. The Balaban J connectivity index is 1.37. The van der Waals surface area contributed by atoms with Gasteiger partial charge in [0.1, 0.15) is 12.4 Å². The van der Waals surface area contributed by atoms with Crippen molar-refractivity contribution in [3.05, 3.63) is 65.2 Å². The molecule has 0 radical (unpaired) electrons. The average Bonchev–Trinajstić information content (AvgIpc) is 3.32. The summed E-state index contributed by atoms with van der Waals surface area (Å²) in [7, 11) is 0. The highest BCUT2D eigenvalue weighted by atomic mass is 16.5. The van der Waals surface area contributed by atoms with Crippen molar-refractivity contribution in [2.45, 2.75) is 38.5 Å². The Bertz CT molecular complexity index is 932. The van der Waals surface area contributed by atoms with E-state index in [1.807, 2.05) is 53.4 Å². The first-order valence-electron chi connectivity index (χ1n) is 11.0. The Morgan fingerprint density at radius 1 is 1.19 bits per heavy atom. The van der Waals surface area contributed by atoms with Crippen molar-refractivity contribution in [2.24, 2.45) is 0 Å². The summed E-state index contributed by atoms with van der Waals surface area (Å²) in [5.41, 5.74) is 2.47. The first-order chi connectivity index (χ1) is 15.1. The largest absolute Gasteiger partial charge is 0.490 e. The van der Waals surface area contributed by atoms with Crippen LogP contribution in [0, 0.1) is 11.3 Å². The number of nitriles is 1. The number of benzene rings is 2. The van der Waals surface area contributed by atoms with Crippen LogP contribution in [0.2, 0.25) is 0 Å². The Kier molecular flexibility index (Phi) is 6.86. The molecule has 6 nitrogen and oxygen atoms in total. The lowest BCUT2D eigenvalue weighted by Crippen LogP contribution is -2.53. The van der Waals surface area contributed by atoms with Gasteiger partial charge in [0, 0.05) is 38.8 Å². The van der Waals surface area contributed by atoms with Crippen LogP contribution in [0.3, 0.4) is 0 Å². The van der Waals surface area contributed by atoms with E-state index < -0.39 is 0 Å². The van der Waals surface area contributed by atoms with Gasteiger partial charge in [0.2, 0.25) is 0 Å². The highest BCUT2D eigenvalue weighted by molar-refractivity contribution is 5.97. The lowest BCUT2D eigenvalue weighted by atomic mass is 10.1. The highest BCUT2D eigenvalue weighted by Crippen LogP contribution is 2.24. The van der Waals surface area contributed by atoms with Crippen molar-refractivity contribution in [2.75, 3.05) is 32.8 Å². The predicted molar refractivity (Wildman–Crippen MR) is 118 cm³/mol. The molecule has 2 aromatic rings. The lowest BCUT2D eigenvalue weighted by molar-refractivity contribution is 0.0461. The smallest absolute Gasteiger partial charge is 0.257 e. The van der Waals surface area contributed by atoms with Crippen molar-refractivity contribution in [1.82, 2.24) is 9.80 Å². The van der Waals surface area contributed by atoms with Crippen LogP contribution in [0.4, 0.5) is 0 Å². The quantitative estimate of drug-likeness (QED) is 0.717. The van der Waals surface area contributed by atoms with Crippen LogP contribution in [0.1, 0.15) is 41.3 Å². The maximum absolute atomic E-state index is 13.3. The van der Waals surface area contributed by atoms with E-state index in [0.717, 1.165) is 39.1 Å². The molecule has 2 atom stereocenters. The number of ether oxygens (including phenoxy) is 2. The first-order valence-corrected chi connectivity index (χ1v) is 11.0. The van der Waals surface area contributed by atoms with Gasteiger partial charge in [0.15, 0.2) is 0 Å². The van der Waals surface area contributed by atoms with E-state index in [2.05, 4.69) is 17.9 Å². The molecule has 0 aliphatic carbocycles. The van der Waals surface area contributed by atoms with Crippen molar-refractivity contribution < 1.29 is 14.3 Å². The molecule has 0 saturated carbocycles. The number of hydrogen-bond donors (Lipinski definition) is 0. The molecule has 4 rings (SSSR count). The fraction of sp³-hybridized carbons (Fsp3) is 0.440. The molecule has 0 bridgehead atoms. The van der Waals surface area contributed by atoms with Gasteiger partial charge in [-0.25, -0.2) is 0 Å². The minimum absolute atomic E-state index is 0.0217. The third kappa shape index (κ3) is 5.25. The zero-order valence-corrected chi connectivity index (χ0v) is 18.0. The van der Waals surface area contributed by atoms with Crippen molar-refractivity contribution >= 4 is 5.91 Å². The molecule has 0 unspecified atom stereocenters. The third-order valence-electron chi connectivity index (χ3n) is 6.03. The van der Waals surface area contributed by atoms with Gasteiger partial charge in [-0.05, 0) is 49.6 Å². The Morgan fingerprint density at radius 3 is 2.71 bits per heavy atom. The van der Waals surface area contributed by atoms with Crippen molar-refractivity contribution in [3.63, 3.8) is 0 Å². The number of carbonyl (C=O) groups excluding carboxylic acids is 1. The predicted octanol–water partition coefficient (Wildman–Crippen LogP) is 3.46. The minimum Gasteiger partial charge on any atom is -0.490 e. The maximum Gasteiger partial charge on any atom is 0.257 e. The molecule has 0 aromatic heterocycles. The Labute approximate surface area is 184 Å². The lowest BCUT2D eigenvalue weighted by Gasteiger charge is -2.40. The molecule has 31 heavy (non-hydrogen) atoms. The van der Waals surface area contributed by atoms with Gasteiger partial charge in [-0.15, -0.1) is 0 Å². The van der Waals surface area contributed by atoms with Crippen LogP contribution in [0.5, 0.6) is 5.75 Å². The summed E-state index contributed by atoms with van der Waals surface area (Å²) in [5.74, 6) is 0.656. The van der Waals surface area contributed by atoms with Gasteiger partial charge in [-0.2, -0.15) is 5.26 Å². The van der Waals surface area contributed by atoms with E-state index in [-0.39, 0.29) is 18.1 Å². The molecule has 2 heterocycles. The van der Waals surface area contributed by atoms with Crippen LogP contribution in [0.15, 0.2) is 48.5 Å². The van der Waals surface area contributed by atoms with Crippen molar-refractivity contribution in [1.29, 1.82) is 5.26 Å². The van der Waals surface area contributed by atoms with E-state index >= 15 is 0 Å². The highest BCUT2D eigenvalue weighted by Gasteiger charge is 2.29. The van der Waals surface area contributed by atoms with Crippen LogP contribution in [-0.2, 0) is 11.3 Å². The number of nitrogens with zero attached hydrogens (tertiary/aromatic N) is 3. The molecule has 2 saturated heterocycles. The number of para-hydroxylation sites is 1. The summed E-state index contributed by atoms with van der Waals surface area (Å²) in [6, 6.07) is 17.5. The van der Waals surface area contributed by atoms with Gasteiger partial charge in [-0.1, -0.05) is 24.3 Å². The fourth-order valence-corrected chi connectivity index (χ4v) is 4.30. The van der Waals surface area contributed by atoms with Gasteiger partial charge in [0.05, 0.1) is 23.3 Å². The van der Waals surface area contributed by atoms with E-state index in [1.54, 1.807) is 0 Å². The van der Waals surface area contributed by atoms with Gasteiger partial charge in [0.25, 0.3) is 5.91 Å². The van der Waals surface area contributed by atoms with Gasteiger partial charge >= 0.3 is 0 Å². The zero-order chi connectivity index (χ0) is 21.6. The molecular weight excluding hydrogens is 390 g/mol. The summed E-state index contributed by atoms with van der Waals surface area (Å²) >= 11 is 0. The van der Waals surface area contributed by atoms with Crippen molar-refractivity contribution in [3.8, 4) is 11.8 Å². The van der Waals surface area contributed by atoms with Gasteiger partial charge in [-0.3, -0.25) is 9.69 Å².